The Hall–Kier alpha value is -3.12. The number of pyridine rings is 1. The van der Waals surface area contributed by atoms with Crippen LogP contribution in [0.1, 0.15) is 37.4 Å². The summed E-state index contributed by atoms with van der Waals surface area (Å²) in [7, 11) is 1.98. The Kier molecular flexibility index (Phi) is 4.63. The highest BCUT2D eigenvalue weighted by Gasteiger charge is 2.45. The molecule has 1 atom stereocenters. The topological polar surface area (TPSA) is 64.4 Å². The fraction of sp³-hybridized carbons (Fsp3) is 0.360. The normalized spacial score (nSPS) is 19.5. The minimum absolute atomic E-state index is 0. The molecule has 2 N–H and O–H groups in total. The van der Waals surface area contributed by atoms with Gasteiger partial charge in [-0.15, -0.1) is 0 Å². The van der Waals surface area contributed by atoms with Gasteiger partial charge in [-0.2, -0.15) is 5.10 Å². The van der Waals surface area contributed by atoms with Crippen LogP contribution < -0.4 is 10.6 Å². The van der Waals surface area contributed by atoms with E-state index in [-0.39, 0.29) is 18.9 Å². The summed E-state index contributed by atoms with van der Waals surface area (Å²) < 4.78 is 4.03. The number of fused-ring (bicyclic) bond motifs is 2. The number of aryl methyl sites for hydroxylation is 1. The highest BCUT2D eigenvalue weighted by atomic mass is 15.3. The fourth-order valence-electron chi connectivity index (χ4n) is 5.53. The molecule has 1 spiro atoms. The monoisotopic (exact) mass is 414 g/mol. The first-order valence-electron chi connectivity index (χ1n) is 10.7. The lowest BCUT2D eigenvalue weighted by Crippen LogP contribution is -2.44. The molecule has 0 unspecified atom stereocenters. The molecule has 1 fully saturated rings. The Balaban J connectivity index is 0.00000204. The van der Waals surface area contributed by atoms with Gasteiger partial charge >= 0.3 is 0 Å². The van der Waals surface area contributed by atoms with Crippen LogP contribution in [0.4, 0.5) is 5.69 Å². The van der Waals surface area contributed by atoms with Crippen molar-refractivity contribution in [1.29, 1.82) is 0 Å². The molecular weight excluding hydrogens is 384 g/mol. The molecule has 3 aromatic heterocycles. The number of hydrogen-bond acceptors (Lipinski definition) is 4. The third-order valence-electron chi connectivity index (χ3n) is 7.29. The summed E-state index contributed by atoms with van der Waals surface area (Å²) in [6.45, 7) is 2.04. The smallest absolute Gasteiger partial charge is 0.146 e. The van der Waals surface area contributed by atoms with Crippen molar-refractivity contribution in [1.82, 2.24) is 19.2 Å². The summed E-state index contributed by atoms with van der Waals surface area (Å²) in [5, 5.41) is 4.35. The molecule has 1 saturated heterocycles. The number of imidazole rings is 1. The van der Waals surface area contributed by atoms with E-state index in [4.69, 9.17) is 5.73 Å². The molecule has 1 aliphatic heterocycles. The minimum atomic E-state index is 0. The van der Waals surface area contributed by atoms with E-state index in [1.807, 2.05) is 36.4 Å². The van der Waals surface area contributed by atoms with Crippen LogP contribution in [0.3, 0.4) is 0 Å². The molecule has 6 rings (SSSR count). The van der Waals surface area contributed by atoms with Crippen molar-refractivity contribution in [3.8, 4) is 11.3 Å². The van der Waals surface area contributed by atoms with E-state index >= 15 is 0 Å². The number of piperidine rings is 1. The molecule has 4 aromatic rings. The van der Waals surface area contributed by atoms with Gasteiger partial charge in [-0.1, -0.05) is 31.7 Å². The Morgan fingerprint density at radius 2 is 1.90 bits per heavy atom. The van der Waals surface area contributed by atoms with Gasteiger partial charge in [0, 0.05) is 56.5 Å². The zero-order valence-electron chi connectivity index (χ0n) is 17.2. The van der Waals surface area contributed by atoms with Crippen molar-refractivity contribution in [2.45, 2.75) is 32.7 Å². The maximum absolute atomic E-state index is 6.77. The summed E-state index contributed by atoms with van der Waals surface area (Å²) in [5.74, 6) is 0. The predicted molar refractivity (Wildman–Crippen MR) is 125 cm³/mol. The zero-order valence-corrected chi connectivity index (χ0v) is 17.2. The van der Waals surface area contributed by atoms with E-state index in [0.717, 1.165) is 49.3 Å². The average molecular weight is 415 g/mol. The van der Waals surface area contributed by atoms with Gasteiger partial charge < -0.3 is 15.0 Å². The van der Waals surface area contributed by atoms with E-state index in [0.29, 0.717) is 0 Å². The highest BCUT2D eigenvalue weighted by molar-refractivity contribution is 5.78. The van der Waals surface area contributed by atoms with Crippen molar-refractivity contribution in [2.24, 2.45) is 18.2 Å². The van der Waals surface area contributed by atoms with E-state index < -0.39 is 0 Å². The number of nitrogens with two attached hydrogens (primary N) is 1. The van der Waals surface area contributed by atoms with Gasteiger partial charge in [-0.05, 0) is 47.9 Å². The highest BCUT2D eigenvalue weighted by Crippen LogP contribution is 2.51. The van der Waals surface area contributed by atoms with Crippen LogP contribution in [0.25, 0.3) is 16.9 Å². The van der Waals surface area contributed by atoms with Gasteiger partial charge in [0.2, 0.25) is 0 Å². The second kappa shape index (κ2) is 7.24. The second-order valence-electron chi connectivity index (χ2n) is 8.81. The van der Waals surface area contributed by atoms with Crippen LogP contribution in [0.15, 0.2) is 61.2 Å². The summed E-state index contributed by atoms with van der Waals surface area (Å²) >= 11 is 0. The summed E-state index contributed by atoms with van der Waals surface area (Å²) in [6, 6.07) is 13.2. The van der Waals surface area contributed by atoms with Gasteiger partial charge in [0.1, 0.15) is 5.65 Å². The van der Waals surface area contributed by atoms with E-state index in [1.54, 1.807) is 0 Å². The number of nitrogens with zero attached hydrogens (tertiary/aromatic N) is 5. The summed E-state index contributed by atoms with van der Waals surface area (Å²) in [5.41, 5.74) is 14.1. The molecule has 0 radical (unpaired) electrons. The van der Waals surface area contributed by atoms with Gasteiger partial charge in [-0.3, -0.25) is 4.68 Å². The Labute approximate surface area is 183 Å². The van der Waals surface area contributed by atoms with Crippen LogP contribution in [0.2, 0.25) is 0 Å². The lowest BCUT2D eigenvalue weighted by Gasteiger charge is -2.43. The molecule has 0 saturated carbocycles. The molecule has 2 aliphatic rings. The number of benzene rings is 1. The number of aromatic nitrogens is 4. The SMILES string of the molecule is C.Cn1nccc1-c1cc(N2CCC3(CC2)Cc2ccccc2[C@H]3N)cn2ccnc12. The molecule has 1 aliphatic carbocycles. The molecular formula is C25H30N6. The summed E-state index contributed by atoms with van der Waals surface area (Å²) in [6.07, 6.45) is 11.3. The first-order chi connectivity index (χ1) is 14.6. The standard InChI is InChI=1S/C24H26N6.CH4/c1-28-21(6-9-27-28)20-14-18(16-30-13-10-26-23(20)30)29-11-7-24(8-12-29)15-17-4-2-3-5-19(17)22(24)25;/h2-6,9-10,13-14,16,22H,7-8,11-12,15,25H2,1H3;1H4/t22-;/m1./s1. The molecule has 4 heterocycles. The van der Waals surface area contributed by atoms with Gasteiger partial charge in [0.15, 0.2) is 0 Å². The fourth-order valence-corrected chi connectivity index (χ4v) is 5.53. The molecule has 1 aromatic carbocycles. The number of hydrogen-bond donors (Lipinski definition) is 1. The van der Waals surface area contributed by atoms with Crippen LogP contribution in [-0.4, -0.2) is 32.3 Å². The molecule has 6 heteroatoms. The van der Waals surface area contributed by atoms with Crippen molar-refractivity contribution < 1.29 is 0 Å². The third kappa shape index (κ3) is 2.97. The van der Waals surface area contributed by atoms with Gasteiger partial charge in [0.05, 0.1) is 11.4 Å². The van der Waals surface area contributed by atoms with Crippen LogP contribution in [0, 0.1) is 5.41 Å². The number of anilines is 1. The minimum Gasteiger partial charge on any atom is -0.370 e. The Bertz CT molecular complexity index is 1230. The molecule has 0 bridgehead atoms. The largest absolute Gasteiger partial charge is 0.370 e. The van der Waals surface area contributed by atoms with Gasteiger partial charge in [0.25, 0.3) is 0 Å². The Morgan fingerprint density at radius 1 is 1.10 bits per heavy atom. The van der Waals surface area contributed by atoms with Crippen LogP contribution >= 0.6 is 0 Å². The maximum atomic E-state index is 6.77. The van der Waals surface area contributed by atoms with Crippen molar-refractivity contribution in [3.63, 3.8) is 0 Å². The number of rotatable bonds is 2. The Morgan fingerprint density at radius 3 is 2.65 bits per heavy atom. The lowest BCUT2D eigenvalue weighted by molar-refractivity contribution is 0.187. The summed E-state index contributed by atoms with van der Waals surface area (Å²) in [4.78, 5) is 7.08. The molecule has 6 nitrogen and oxygen atoms in total. The van der Waals surface area contributed by atoms with Gasteiger partial charge in [-0.25, -0.2) is 4.98 Å². The molecule has 31 heavy (non-hydrogen) atoms. The van der Waals surface area contributed by atoms with Crippen molar-refractivity contribution >= 4 is 11.3 Å². The first-order valence-corrected chi connectivity index (χ1v) is 10.7. The van der Waals surface area contributed by atoms with Crippen LogP contribution in [0.5, 0.6) is 0 Å². The van der Waals surface area contributed by atoms with Crippen LogP contribution in [-0.2, 0) is 13.5 Å². The zero-order chi connectivity index (χ0) is 20.3. The maximum Gasteiger partial charge on any atom is 0.146 e. The second-order valence-corrected chi connectivity index (χ2v) is 8.81. The third-order valence-corrected chi connectivity index (χ3v) is 7.29. The van der Waals surface area contributed by atoms with Crippen molar-refractivity contribution in [2.75, 3.05) is 18.0 Å². The van der Waals surface area contributed by atoms with E-state index in [2.05, 4.69) is 55.9 Å². The molecule has 0 amide bonds. The predicted octanol–water partition coefficient (Wildman–Crippen LogP) is 4.21. The average Bonchev–Trinajstić information content (AvgIpc) is 3.47. The lowest BCUT2D eigenvalue weighted by atomic mass is 9.73. The van der Waals surface area contributed by atoms with E-state index in [9.17, 15) is 0 Å². The van der Waals surface area contributed by atoms with E-state index in [1.165, 1.54) is 16.8 Å². The molecule has 160 valence electrons. The first kappa shape index (κ1) is 19.8. The quantitative estimate of drug-likeness (QED) is 0.534. The van der Waals surface area contributed by atoms with Crippen molar-refractivity contribution in [3.05, 3.63) is 72.3 Å².